The van der Waals surface area contributed by atoms with Crippen molar-refractivity contribution in [2.45, 2.75) is 19.8 Å². The summed E-state index contributed by atoms with van der Waals surface area (Å²) in [6.07, 6.45) is 1.01. The van der Waals surface area contributed by atoms with Crippen LogP contribution in [0.1, 0.15) is 17.0 Å². The molecular formula is C17H21N3O4S. The zero-order valence-electron chi connectivity index (χ0n) is 14.4. The van der Waals surface area contributed by atoms with E-state index in [2.05, 4.69) is 15.6 Å². The standard InChI is InChI=1S/C17H21N3O4S/c1-11-15(25-10-18-11)6-7-16(21)19-12-4-5-14(24-3)13(8-12)20-17(22)9-23-2/h4-5,8,10H,6-7,9H2,1-3H3,(H,19,21)(H,20,22). The summed E-state index contributed by atoms with van der Waals surface area (Å²) in [6.45, 7) is 1.87. The quantitative estimate of drug-likeness (QED) is 0.752. The number of rotatable bonds is 8. The van der Waals surface area contributed by atoms with Crippen molar-refractivity contribution in [1.29, 1.82) is 0 Å². The molecule has 2 rings (SSSR count). The highest BCUT2D eigenvalue weighted by Crippen LogP contribution is 2.28. The van der Waals surface area contributed by atoms with Gasteiger partial charge in [0.2, 0.25) is 11.8 Å². The molecule has 0 unspecified atom stereocenters. The first-order valence-corrected chi connectivity index (χ1v) is 8.57. The van der Waals surface area contributed by atoms with E-state index in [1.165, 1.54) is 14.2 Å². The predicted molar refractivity (Wildman–Crippen MR) is 97.3 cm³/mol. The first-order valence-electron chi connectivity index (χ1n) is 7.69. The number of nitrogens with one attached hydrogen (secondary N) is 2. The van der Waals surface area contributed by atoms with Crippen LogP contribution in [0.2, 0.25) is 0 Å². The lowest BCUT2D eigenvalue weighted by molar-refractivity contribution is -0.119. The number of amides is 2. The van der Waals surface area contributed by atoms with Crippen molar-refractivity contribution in [3.05, 3.63) is 34.3 Å². The van der Waals surface area contributed by atoms with Crippen LogP contribution in [0.5, 0.6) is 5.75 Å². The number of anilines is 2. The summed E-state index contributed by atoms with van der Waals surface area (Å²) < 4.78 is 10.0. The van der Waals surface area contributed by atoms with Gasteiger partial charge in [0.05, 0.1) is 24.0 Å². The largest absolute Gasteiger partial charge is 0.495 e. The van der Waals surface area contributed by atoms with Crippen LogP contribution in [0.4, 0.5) is 11.4 Å². The van der Waals surface area contributed by atoms with E-state index < -0.39 is 0 Å². The highest BCUT2D eigenvalue weighted by atomic mass is 32.1. The summed E-state index contributed by atoms with van der Waals surface area (Å²) in [5, 5.41) is 5.52. The molecule has 1 aromatic carbocycles. The SMILES string of the molecule is COCC(=O)Nc1cc(NC(=O)CCc2scnc2C)ccc1OC. The van der Waals surface area contributed by atoms with Crippen LogP contribution >= 0.6 is 11.3 Å². The Morgan fingerprint density at radius 1 is 1.20 bits per heavy atom. The Bertz CT molecular complexity index is 745. The topological polar surface area (TPSA) is 89.6 Å². The Morgan fingerprint density at radius 3 is 2.64 bits per heavy atom. The van der Waals surface area contributed by atoms with Crippen molar-refractivity contribution in [2.24, 2.45) is 0 Å². The highest BCUT2D eigenvalue weighted by Gasteiger charge is 2.11. The number of thiazole rings is 1. The zero-order valence-corrected chi connectivity index (χ0v) is 15.2. The number of aromatic nitrogens is 1. The van der Waals surface area contributed by atoms with Gasteiger partial charge in [0.25, 0.3) is 0 Å². The molecule has 0 spiro atoms. The van der Waals surface area contributed by atoms with Gasteiger partial charge < -0.3 is 20.1 Å². The third kappa shape index (κ3) is 5.54. The molecule has 7 nitrogen and oxygen atoms in total. The highest BCUT2D eigenvalue weighted by molar-refractivity contribution is 7.09. The fourth-order valence-corrected chi connectivity index (χ4v) is 3.00. The summed E-state index contributed by atoms with van der Waals surface area (Å²) >= 11 is 1.55. The van der Waals surface area contributed by atoms with E-state index >= 15 is 0 Å². The summed E-state index contributed by atoms with van der Waals surface area (Å²) in [5.41, 5.74) is 3.80. The third-order valence-electron chi connectivity index (χ3n) is 3.46. The van der Waals surface area contributed by atoms with Gasteiger partial charge in [-0.15, -0.1) is 11.3 Å². The number of hydrogen-bond donors (Lipinski definition) is 2. The molecule has 0 aliphatic heterocycles. The lowest BCUT2D eigenvalue weighted by atomic mass is 10.2. The maximum Gasteiger partial charge on any atom is 0.250 e. The maximum absolute atomic E-state index is 12.1. The van der Waals surface area contributed by atoms with Crippen molar-refractivity contribution >= 4 is 34.5 Å². The lowest BCUT2D eigenvalue weighted by Crippen LogP contribution is -2.18. The molecule has 0 fully saturated rings. The van der Waals surface area contributed by atoms with E-state index in [0.29, 0.717) is 30.0 Å². The van der Waals surface area contributed by atoms with Gasteiger partial charge in [0, 0.05) is 24.1 Å². The van der Waals surface area contributed by atoms with Gasteiger partial charge in [-0.05, 0) is 31.5 Å². The van der Waals surface area contributed by atoms with Gasteiger partial charge in [-0.3, -0.25) is 9.59 Å². The normalized spacial score (nSPS) is 10.4. The second kappa shape index (κ2) is 9.14. The van der Waals surface area contributed by atoms with Gasteiger partial charge in [0.1, 0.15) is 12.4 Å². The zero-order chi connectivity index (χ0) is 18.2. The fourth-order valence-electron chi connectivity index (χ4n) is 2.22. The first kappa shape index (κ1) is 18.9. The van der Waals surface area contributed by atoms with Crippen molar-refractivity contribution in [3.63, 3.8) is 0 Å². The van der Waals surface area contributed by atoms with Gasteiger partial charge in [-0.2, -0.15) is 0 Å². The second-order valence-electron chi connectivity index (χ2n) is 5.31. The molecule has 2 N–H and O–H groups in total. The molecule has 0 saturated carbocycles. The fraction of sp³-hybridized carbons (Fsp3) is 0.353. The minimum Gasteiger partial charge on any atom is -0.495 e. The molecule has 0 aliphatic carbocycles. The summed E-state index contributed by atoms with van der Waals surface area (Å²) in [6, 6.07) is 5.06. The number of nitrogens with zero attached hydrogens (tertiary/aromatic N) is 1. The molecule has 0 radical (unpaired) electrons. The average molecular weight is 363 g/mol. The number of methoxy groups -OCH3 is 2. The summed E-state index contributed by atoms with van der Waals surface area (Å²) in [7, 11) is 2.95. The smallest absolute Gasteiger partial charge is 0.250 e. The van der Waals surface area contributed by atoms with Crippen LogP contribution in [0, 0.1) is 6.92 Å². The van der Waals surface area contributed by atoms with Crippen LogP contribution in [0.25, 0.3) is 0 Å². The molecule has 0 bridgehead atoms. The first-order chi connectivity index (χ1) is 12.0. The van der Waals surface area contributed by atoms with Crippen molar-refractivity contribution in [3.8, 4) is 5.75 Å². The number of carbonyl (C=O) groups excluding carboxylic acids is 2. The minimum atomic E-state index is -0.301. The molecule has 2 amide bonds. The molecule has 25 heavy (non-hydrogen) atoms. The van der Waals surface area contributed by atoms with E-state index in [0.717, 1.165) is 10.6 Å². The molecule has 0 atom stereocenters. The Kier molecular flexibility index (Phi) is 6.91. The number of ether oxygens (including phenoxy) is 2. The Morgan fingerprint density at radius 2 is 2.00 bits per heavy atom. The number of benzene rings is 1. The Hall–Kier alpha value is -2.45. The van der Waals surface area contributed by atoms with Gasteiger partial charge in [-0.1, -0.05) is 0 Å². The Labute approximate surface area is 150 Å². The van der Waals surface area contributed by atoms with Crippen LogP contribution in [0.15, 0.2) is 23.7 Å². The molecule has 0 aliphatic rings. The molecule has 8 heteroatoms. The third-order valence-corrected chi connectivity index (χ3v) is 4.45. The second-order valence-corrected chi connectivity index (χ2v) is 6.24. The van der Waals surface area contributed by atoms with Crippen molar-refractivity contribution in [1.82, 2.24) is 4.98 Å². The van der Waals surface area contributed by atoms with Crippen molar-refractivity contribution in [2.75, 3.05) is 31.5 Å². The summed E-state index contributed by atoms with van der Waals surface area (Å²) in [4.78, 5) is 29.1. The molecule has 0 saturated heterocycles. The predicted octanol–water partition coefficient (Wildman–Crippen LogP) is 2.62. The average Bonchev–Trinajstić information content (AvgIpc) is 2.98. The number of aryl methyl sites for hydroxylation is 2. The van der Waals surface area contributed by atoms with Crippen LogP contribution < -0.4 is 15.4 Å². The van der Waals surface area contributed by atoms with Crippen LogP contribution in [-0.4, -0.2) is 37.6 Å². The van der Waals surface area contributed by atoms with Crippen molar-refractivity contribution < 1.29 is 19.1 Å². The molecule has 2 aromatic rings. The van der Waals surface area contributed by atoms with Gasteiger partial charge >= 0.3 is 0 Å². The van der Waals surface area contributed by atoms with Crippen LogP contribution in [0.3, 0.4) is 0 Å². The lowest BCUT2D eigenvalue weighted by Gasteiger charge is -2.12. The van der Waals surface area contributed by atoms with Gasteiger partial charge in [0.15, 0.2) is 0 Å². The minimum absolute atomic E-state index is 0.0616. The number of hydrogen-bond acceptors (Lipinski definition) is 6. The van der Waals surface area contributed by atoms with Gasteiger partial charge in [-0.25, -0.2) is 4.98 Å². The Balaban J connectivity index is 1.99. The summed E-state index contributed by atoms with van der Waals surface area (Å²) in [5.74, 6) is 0.0971. The van der Waals surface area contributed by atoms with E-state index in [4.69, 9.17) is 9.47 Å². The monoisotopic (exact) mass is 363 g/mol. The molecule has 134 valence electrons. The molecule has 1 heterocycles. The molecule has 1 aromatic heterocycles. The van der Waals surface area contributed by atoms with Crippen LogP contribution in [-0.2, 0) is 20.7 Å². The maximum atomic E-state index is 12.1. The van der Waals surface area contributed by atoms with E-state index in [1.807, 2.05) is 6.92 Å². The van der Waals surface area contributed by atoms with E-state index in [1.54, 1.807) is 35.0 Å². The number of carbonyl (C=O) groups is 2. The molecular weight excluding hydrogens is 342 g/mol. The van der Waals surface area contributed by atoms with E-state index in [9.17, 15) is 9.59 Å². The van der Waals surface area contributed by atoms with E-state index in [-0.39, 0.29) is 18.4 Å².